The van der Waals surface area contributed by atoms with E-state index in [0.717, 1.165) is 23.9 Å². The van der Waals surface area contributed by atoms with Crippen LogP contribution in [-0.2, 0) is 9.63 Å². The molecule has 2 aliphatic heterocycles. The van der Waals surface area contributed by atoms with Gasteiger partial charge < -0.3 is 14.5 Å². The Kier molecular flexibility index (Phi) is 8.77. The van der Waals surface area contributed by atoms with Crippen molar-refractivity contribution in [2.24, 2.45) is 5.16 Å². The van der Waals surface area contributed by atoms with Gasteiger partial charge in [0.15, 0.2) is 5.69 Å². The second-order valence-corrected chi connectivity index (χ2v) is 11.3. The van der Waals surface area contributed by atoms with Gasteiger partial charge in [-0.05, 0) is 44.2 Å². The molecule has 1 aliphatic carbocycles. The molecule has 5 rings (SSSR count). The molecule has 2 bridgehead atoms. The minimum absolute atomic E-state index is 0.0697. The van der Waals surface area contributed by atoms with E-state index in [9.17, 15) is 14.7 Å². The summed E-state index contributed by atoms with van der Waals surface area (Å²) < 4.78 is 1.98. The number of para-hydroxylation sites is 2. The highest BCUT2D eigenvalue weighted by Gasteiger charge is 2.47. The van der Waals surface area contributed by atoms with Gasteiger partial charge in [0.2, 0.25) is 0 Å². The fraction of sp³-hybridized carbons (Fsp3) is 0.667. The summed E-state index contributed by atoms with van der Waals surface area (Å²) in [5, 5.41) is 13.3. The molecule has 3 aliphatic rings. The lowest BCUT2D eigenvalue weighted by atomic mass is 9.92. The van der Waals surface area contributed by atoms with E-state index in [0.29, 0.717) is 23.8 Å². The average molecular weight is 523 g/mol. The van der Waals surface area contributed by atoms with E-state index in [-0.39, 0.29) is 30.1 Å². The van der Waals surface area contributed by atoms with E-state index in [2.05, 4.69) is 15.0 Å². The van der Waals surface area contributed by atoms with Gasteiger partial charge in [0.05, 0.1) is 23.5 Å². The van der Waals surface area contributed by atoms with Crippen LogP contribution >= 0.6 is 0 Å². The fourth-order valence-electron chi connectivity index (χ4n) is 7.34. The molecule has 2 aromatic rings. The molecule has 2 saturated heterocycles. The second kappa shape index (κ2) is 12.4. The van der Waals surface area contributed by atoms with Crippen LogP contribution in [0, 0.1) is 0 Å². The number of oxime groups is 1. The first kappa shape index (κ1) is 26.9. The Labute approximate surface area is 225 Å². The summed E-state index contributed by atoms with van der Waals surface area (Å²) in [7, 11) is 1.41. The van der Waals surface area contributed by atoms with Gasteiger partial charge in [-0.15, -0.1) is 0 Å². The molecule has 1 N–H and O–H groups in total. The van der Waals surface area contributed by atoms with Gasteiger partial charge in [0.25, 0.3) is 5.56 Å². The number of hydrogen-bond donors (Lipinski definition) is 1. The van der Waals surface area contributed by atoms with Gasteiger partial charge >= 0.3 is 5.97 Å². The monoisotopic (exact) mass is 522 g/mol. The molecule has 1 aromatic heterocycles. The number of carbonyl (C=O) groups is 1. The Morgan fingerprint density at radius 1 is 0.947 bits per heavy atom. The molecule has 1 saturated carbocycles. The third-order valence-electron chi connectivity index (χ3n) is 8.97. The number of fused-ring (bicyclic) bond motifs is 3. The summed E-state index contributed by atoms with van der Waals surface area (Å²) >= 11 is 0. The molecule has 8 heteroatoms. The highest BCUT2D eigenvalue weighted by molar-refractivity contribution is 6.00. The van der Waals surface area contributed by atoms with E-state index in [1.54, 1.807) is 0 Å². The third-order valence-corrected chi connectivity index (χ3v) is 8.97. The number of hydrogen-bond acceptors (Lipinski definition) is 6. The summed E-state index contributed by atoms with van der Waals surface area (Å²) in [5.74, 6) is -0.944. The Morgan fingerprint density at radius 2 is 1.63 bits per heavy atom. The zero-order valence-electron chi connectivity index (χ0n) is 22.7. The van der Waals surface area contributed by atoms with Crippen LogP contribution in [0.4, 0.5) is 0 Å². The SMILES string of the molecule is CO/N=C(\CCC(=O)O)c1nc2ccccc2n([C@@H]2C[C@@H]3CCC[C@H]2N3C2CCCCCCCCC2)c1=O. The molecule has 0 unspecified atom stereocenters. The van der Waals surface area contributed by atoms with Gasteiger partial charge in [-0.1, -0.05) is 68.7 Å². The summed E-state index contributed by atoms with van der Waals surface area (Å²) in [5.41, 5.74) is 1.89. The summed E-state index contributed by atoms with van der Waals surface area (Å²) in [6.45, 7) is 0. The van der Waals surface area contributed by atoms with E-state index >= 15 is 0 Å². The highest BCUT2D eigenvalue weighted by atomic mass is 16.6. The van der Waals surface area contributed by atoms with E-state index in [4.69, 9.17) is 4.84 Å². The molecule has 0 spiro atoms. The van der Waals surface area contributed by atoms with Crippen LogP contribution < -0.4 is 5.56 Å². The lowest BCUT2D eigenvalue weighted by Gasteiger charge is -2.42. The summed E-state index contributed by atoms with van der Waals surface area (Å²) in [6, 6.07) is 9.32. The Balaban J connectivity index is 1.54. The van der Waals surface area contributed by atoms with Crippen LogP contribution in [0.3, 0.4) is 0 Å². The second-order valence-electron chi connectivity index (χ2n) is 11.3. The summed E-state index contributed by atoms with van der Waals surface area (Å²) in [6.07, 6.45) is 16.3. The minimum Gasteiger partial charge on any atom is -0.481 e. The van der Waals surface area contributed by atoms with Gasteiger partial charge in [-0.3, -0.25) is 14.5 Å². The molecular weight excluding hydrogens is 480 g/mol. The van der Waals surface area contributed by atoms with Crippen molar-refractivity contribution >= 4 is 22.7 Å². The van der Waals surface area contributed by atoms with Crippen molar-refractivity contribution in [2.45, 2.75) is 120 Å². The predicted octanol–water partition coefficient (Wildman–Crippen LogP) is 5.67. The number of piperidine rings is 1. The summed E-state index contributed by atoms with van der Waals surface area (Å²) in [4.78, 5) is 38.0. The quantitative estimate of drug-likeness (QED) is 0.372. The first-order valence-corrected chi connectivity index (χ1v) is 14.7. The molecule has 3 heterocycles. The highest BCUT2D eigenvalue weighted by Crippen LogP contribution is 2.45. The Hall–Kier alpha value is -2.74. The van der Waals surface area contributed by atoms with Crippen LogP contribution in [0.15, 0.2) is 34.2 Å². The maximum absolute atomic E-state index is 14.2. The molecule has 206 valence electrons. The lowest BCUT2D eigenvalue weighted by Crippen LogP contribution is -2.48. The zero-order valence-corrected chi connectivity index (χ0v) is 22.7. The van der Waals surface area contributed by atoms with Crippen LogP contribution in [0.2, 0.25) is 0 Å². The largest absolute Gasteiger partial charge is 0.481 e. The van der Waals surface area contributed by atoms with Gasteiger partial charge in [0.1, 0.15) is 12.8 Å². The van der Waals surface area contributed by atoms with Crippen molar-refractivity contribution in [1.82, 2.24) is 14.5 Å². The standard InChI is InChI=1S/C30H42N4O4/c1-38-32-24(18-19-28(35)36)29-30(37)34(25-16-10-9-15-23(25)31-29)27-20-22-14-11-17-26(27)33(22)21-12-7-5-3-2-4-6-8-13-21/h9-10,15-16,21-22,26-27H,2-8,11-14,17-20H2,1H3,(H,35,36)/b32-24+/t22-,26+,27+/m0/s1. The lowest BCUT2D eigenvalue weighted by molar-refractivity contribution is -0.136. The smallest absolute Gasteiger partial charge is 0.303 e. The zero-order chi connectivity index (χ0) is 26.5. The van der Waals surface area contributed by atoms with Gasteiger partial charge in [0, 0.05) is 24.5 Å². The molecule has 0 amide bonds. The number of benzene rings is 1. The van der Waals surface area contributed by atoms with Crippen molar-refractivity contribution in [2.75, 3.05) is 7.11 Å². The Morgan fingerprint density at radius 3 is 2.34 bits per heavy atom. The molecular formula is C30H42N4O4. The number of carboxylic acids is 1. The topological polar surface area (TPSA) is 97.0 Å². The molecule has 3 fully saturated rings. The van der Waals surface area contributed by atoms with Crippen molar-refractivity contribution < 1.29 is 14.7 Å². The first-order chi connectivity index (χ1) is 18.6. The molecule has 3 atom stereocenters. The van der Waals surface area contributed by atoms with Crippen molar-refractivity contribution in [3.8, 4) is 0 Å². The number of rotatable bonds is 7. The normalized spacial score (nSPS) is 25.9. The maximum Gasteiger partial charge on any atom is 0.303 e. The van der Waals surface area contributed by atoms with Crippen LogP contribution in [0.5, 0.6) is 0 Å². The fourth-order valence-corrected chi connectivity index (χ4v) is 7.34. The van der Waals surface area contributed by atoms with Gasteiger partial charge in [-0.2, -0.15) is 0 Å². The van der Waals surface area contributed by atoms with E-state index in [1.807, 2.05) is 28.8 Å². The number of carboxylic acid groups (broad SMARTS) is 1. The maximum atomic E-state index is 14.2. The molecule has 38 heavy (non-hydrogen) atoms. The van der Waals surface area contributed by atoms with Crippen molar-refractivity contribution in [3.05, 3.63) is 40.3 Å². The van der Waals surface area contributed by atoms with Gasteiger partial charge in [-0.25, -0.2) is 4.98 Å². The minimum atomic E-state index is -0.944. The first-order valence-electron chi connectivity index (χ1n) is 14.7. The van der Waals surface area contributed by atoms with Crippen LogP contribution in [-0.4, -0.2) is 56.5 Å². The number of aromatic nitrogens is 2. The van der Waals surface area contributed by atoms with Crippen molar-refractivity contribution in [1.29, 1.82) is 0 Å². The van der Waals surface area contributed by atoms with Crippen molar-refractivity contribution in [3.63, 3.8) is 0 Å². The number of aliphatic carboxylic acids is 1. The predicted molar refractivity (Wildman–Crippen MR) is 149 cm³/mol. The molecule has 8 nitrogen and oxygen atoms in total. The Bertz CT molecular complexity index is 1200. The average Bonchev–Trinajstić information content (AvgIpc) is 3.13. The van der Waals surface area contributed by atoms with E-state index in [1.165, 1.54) is 77.7 Å². The van der Waals surface area contributed by atoms with E-state index < -0.39 is 5.97 Å². The third kappa shape index (κ3) is 5.65. The van der Waals surface area contributed by atoms with Crippen LogP contribution in [0.25, 0.3) is 11.0 Å². The molecule has 0 radical (unpaired) electrons. The number of nitrogens with zero attached hydrogens (tertiary/aromatic N) is 4. The molecule has 1 aromatic carbocycles. The van der Waals surface area contributed by atoms with Crippen LogP contribution in [0.1, 0.15) is 108 Å².